The largest absolute Gasteiger partial charge is 0.356 e. The van der Waals surface area contributed by atoms with E-state index in [0.29, 0.717) is 6.04 Å². The number of hydrogen-bond acceptors (Lipinski definition) is 6. The maximum absolute atomic E-state index is 4.92. The molecule has 0 saturated carbocycles. The van der Waals surface area contributed by atoms with E-state index in [2.05, 4.69) is 32.9 Å². The molecule has 0 amide bonds. The molecule has 0 atom stereocenters. The fraction of sp³-hybridized carbons (Fsp3) is 0.611. The molecule has 4 rings (SSSR count). The molecule has 128 valence electrons. The number of hydrogen-bond donors (Lipinski definition) is 0. The van der Waals surface area contributed by atoms with Gasteiger partial charge in [-0.15, -0.1) is 11.3 Å². The number of anilines is 2. The lowest BCUT2D eigenvalue weighted by molar-refractivity contribution is 0.479. The summed E-state index contributed by atoms with van der Waals surface area (Å²) in [5, 5.41) is 1.25. The van der Waals surface area contributed by atoms with Crippen LogP contribution in [0.15, 0.2) is 12.4 Å². The van der Waals surface area contributed by atoms with E-state index in [0.717, 1.165) is 37.4 Å². The van der Waals surface area contributed by atoms with E-state index in [1.807, 2.05) is 18.3 Å². The van der Waals surface area contributed by atoms with Crippen molar-refractivity contribution in [1.82, 2.24) is 15.0 Å². The smallest absolute Gasteiger partial charge is 0.185 e. The molecule has 1 aliphatic carbocycles. The summed E-state index contributed by atoms with van der Waals surface area (Å²) < 4.78 is 0. The van der Waals surface area contributed by atoms with Gasteiger partial charge in [0.2, 0.25) is 0 Å². The van der Waals surface area contributed by atoms with Gasteiger partial charge in [-0.25, -0.2) is 15.0 Å². The van der Waals surface area contributed by atoms with E-state index in [4.69, 9.17) is 4.98 Å². The monoisotopic (exact) mass is 343 g/mol. The minimum absolute atomic E-state index is 0.546. The molecule has 2 aromatic rings. The molecule has 0 bridgehead atoms. The molecule has 0 aromatic carbocycles. The zero-order valence-corrected chi connectivity index (χ0v) is 15.3. The Hall–Kier alpha value is -1.69. The summed E-state index contributed by atoms with van der Waals surface area (Å²) in [6.07, 6.45) is 9.03. The number of nitrogens with zero attached hydrogens (tertiary/aromatic N) is 5. The molecule has 5 nitrogen and oxygen atoms in total. The van der Waals surface area contributed by atoms with E-state index in [-0.39, 0.29) is 0 Å². The zero-order chi connectivity index (χ0) is 16.5. The molecule has 1 fully saturated rings. The molecule has 0 radical (unpaired) electrons. The van der Waals surface area contributed by atoms with Gasteiger partial charge in [0.1, 0.15) is 12.1 Å². The standard InChI is InChI=1S/C18H25N5S/c1-13-11-17(20-12-19-13)22(2)14-7-9-23(10-8-14)18-21-15-5-3-4-6-16(15)24-18/h11-12,14H,3-10H2,1-2H3. The molecule has 1 saturated heterocycles. The average molecular weight is 344 g/mol. The Morgan fingerprint density at radius 3 is 2.71 bits per heavy atom. The van der Waals surface area contributed by atoms with Gasteiger partial charge in [0.25, 0.3) is 0 Å². The highest BCUT2D eigenvalue weighted by atomic mass is 32.1. The van der Waals surface area contributed by atoms with Crippen LogP contribution in [0, 0.1) is 6.92 Å². The third kappa shape index (κ3) is 3.11. The number of thiazole rings is 1. The van der Waals surface area contributed by atoms with Gasteiger partial charge in [-0.1, -0.05) is 0 Å². The van der Waals surface area contributed by atoms with Gasteiger partial charge in [-0.2, -0.15) is 0 Å². The second kappa shape index (κ2) is 6.67. The van der Waals surface area contributed by atoms with Crippen LogP contribution in [0.2, 0.25) is 0 Å². The molecule has 0 spiro atoms. The molecule has 3 heterocycles. The Labute approximate surface area is 147 Å². The number of aromatic nitrogens is 3. The highest BCUT2D eigenvalue weighted by Crippen LogP contribution is 2.33. The number of rotatable bonds is 3. The first kappa shape index (κ1) is 15.8. The van der Waals surface area contributed by atoms with Crippen LogP contribution < -0.4 is 9.80 Å². The van der Waals surface area contributed by atoms with Crippen LogP contribution in [0.5, 0.6) is 0 Å². The Bertz CT molecular complexity index is 682. The third-order valence-electron chi connectivity index (χ3n) is 5.27. The van der Waals surface area contributed by atoms with Crippen molar-refractivity contribution in [2.75, 3.05) is 29.9 Å². The van der Waals surface area contributed by atoms with Crippen molar-refractivity contribution in [3.8, 4) is 0 Å². The predicted molar refractivity (Wildman–Crippen MR) is 99.2 cm³/mol. The summed E-state index contributed by atoms with van der Waals surface area (Å²) in [5.41, 5.74) is 2.40. The van der Waals surface area contributed by atoms with Gasteiger partial charge in [0, 0.05) is 42.8 Å². The SMILES string of the molecule is Cc1cc(N(C)C2CCN(c3nc4c(s3)CCCC4)CC2)ncn1. The molecular weight excluding hydrogens is 318 g/mol. The second-order valence-electron chi connectivity index (χ2n) is 6.92. The Morgan fingerprint density at radius 2 is 1.96 bits per heavy atom. The minimum atomic E-state index is 0.546. The van der Waals surface area contributed by atoms with Crippen molar-refractivity contribution in [2.45, 2.75) is 51.5 Å². The van der Waals surface area contributed by atoms with E-state index >= 15 is 0 Å². The average Bonchev–Trinajstić information content (AvgIpc) is 3.05. The van der Waals surface area contributed by atoms with E-state index < -0.39 is 0 Å². The quantitative estimate of drug-likeness (QED) is 0.856. The summed E-state index contributed by atoms with van der Waals surface area (Å²) in [7, 11) is 2.16. The summed E-state index contributed by atoms with van der Waals surface area (Å²) in [5.74, 6) is 1.03. The van der Waals surface area contributed by atoms with Crippen LogP contribution in [-0.2, 0) is 12.8 Å². The Morgan fingerprint density at radius 1 is 1.17 bits per heavy atom. The normalized spacial score (nSPS) is 18.5. The highest BCUT2D eigenvalue weighted by molar-refractivity contribution is 7.15. The van der Waals surface area contributed by atoms with Crippen molar-refractivity contribution >= 4 is 22.3 Å². The molecule has 1 aliphatic heterocycles. The van der Waals surface area contributed by atoms with E-state index in [9.17, 15) is 0 Å². The number of aryl methyl sites for hydroxylation is 3. The minimum Gasteiger partial charge on any atom is -0.356 e. The molecule has 2 aromatic heterocycles. The summed E-state index contributed by atoms with van der Waals surface area (Å²) in [6, 6.07) is 2.62. The van der Waals surface area contributed by atoms with Crippen molar-refractivity contribution in [1.29, 1.82) is 0 Å². The summed E-state index contributed by atoms with van der Waals surface area (Å²) >= 11 is 1.93. The second-order valence-corrected chi connectivity index (χ2v) is 7.98. The number of piperidine rings is 1. The summed E-state index contributed by atoms with van der Waals surface area (Å²) in [4.78, 5) is 19.9. The third-order valence-corrected chi connectivity index (χ3v) is 6.49. The fourth-order valence-electron chi connectivity index (χ4n) is 3.74. The molecule has 0 unspecified atom stereocenters. The first-order valence-electron chi connectivity index (χ1n) is 8.96. The van der Waals surface area contributed by atoms with Gasteiger partial charge in [-0.05, 0) is 45.4 Å². The zero-order valence-electron chi connectivity index (χ0n) is 14.5. The van der Waals surface area contributed by atoms with Crippen LogP contribution in [0.4, 0.5) is 10.9 Å². The van der Waals surface area contributed by atoms with Gasteiger partial charge in [0.15, 0.2) is 5.13 Å². The first-order chi connectivity index (χ1) is 11.7. The maximum Gasteiger partial charge on any atom is 0.185 e. The lowest BCUT2D eigenvalue weighted by Crippen LogP contribution is -2.43. The fourth-order valence-corrected chi connectivity index (χ4v) is 4.94. The molecule has 0 N–H and O–H groups in total. The van der Waals surface area contributed by atoms with Gasteiger partial charge in [-0.3, -0.25) is 0 Å². The molecule has 6 heteroatoms. The van der Waals surface area contributed by atoms with Crippen molar-refractivity contribution in [2.24, 2.45) is 0 Å². The van der Waals surface area contributed by atoms with Crippen LogP contribution in [0.1, 0.15) is 41.9 Å². The van der Waals surface area contributed by atoms with Crippen LogP contribution in [0.3, 0.4) is 0 Å². The highest BCUT2D eigenvalue weighted by Gasteiger charge is 2.26. The molecular formula is C18H25N5S. The van der Waals surface area contributed by atoms with Crippen LogP contribution >= 0.6 is 11.3 Å². The van der Waals surface area contributed by atoms with E-state index in [1.165, 1.54) is 41.4 Å². The molecule has 24 heavy (non-hydrogen) atoms. The predicted octanol–water partition coefficient (Wildman–Crippen LogP) is 3.23. The van der Waals surface area contributed by atoms with Gasteiger partial charge in [0.05, 0.1) is 5.69 Å². The summed E-state index contributed by atoms with van der Waals surface area (Å²) in [6.45, 7) is 4.20. The topological polar surface area (TPSA) is 45.2 Å². The lowest BCUT2D eigenvalue weighted by atomic mass is 10.0. The first-order valence-corrected chi connectivity index (χ1v) is 9.77. The lowest BCUT2D eigenvalue weighted by Gasteiger charge is -2.37. The van der Waals surface area contributed by atoms with Gasteiger partial charge < -0.3 is 9.80 Å². The number of fused-ring (bicyclic) bond motifs is 1. The van der Waals surface area contributed by atoms with E-state index in [1.54, 1.807) is 6.33 Å². The van der Waals surface area contributed by atoms with Crippen LogP contribution in [-0.4, -0.2) is 41.1 Å². The molecule has 2 aliphatic rings. The van der Waals surface area contributed by atoms with Crippen molar-refractivity contribution in [3.05, 3.63) is 28.7 Å². The Kier molecular flexibility index (Phi) is 4.39. The maximum atomic E-state index is 4.92. The van der Waals surface area contributed by atoms with Crippen molar-refractivity contribution < 1.29 is 0 Å². The van der Waals surface area contributed by atoms with Crippen LogP contribution in [0.25, 0.3) is 0 Å². The Balaban J connectivity index is 1.40. The van der Waals surface area contributed by atoms with Crippen molar-refractivity contribution in [3.63, 3.8) is 0 Å². The van der Waals surface area contributed by atoms with Gasteiger partial charge >= 0.3 is 0 Å².